The highest BCUT2D eigenvalue weighted by molar-refractivity contribution is 5.42. The molecule has 0 aliphatic carbocycles. The van der Waals surface area contributed by atoms with Gasteiger partial charge in [0.15, 0.2) is 0 Å². The van der Waals surface area contributed by atoms with Gasteiger partial charge in [-0.05, 0) is 19.4 Å². The molecule has 1 fully saturated rings. The van der Waals surface area contributed by atoms with Gasteiger partial charge in [-0.3, -0.25) is 10.1 Å². The molecule has 1 aliphatic heterocycles. The predicted molar refractivity (Wildman–Crippen MR) is 71.1 cm³/mol. The van der Waals surface area contributed by atoms with Crippen LogP contribution in [0.25, 0.3) is 0 Å². The lowest BCUT2D eigenvalue weighted by molar-refractivity contribution is -0.418. The van der Waals surface area contributed by atoms with Gasteiger partial charge >= 0.3 is 0 Å². The molecule has 0 spiro atoms. The molecule has 5 heteroatoms. The Kier molecular flexibility index (Phi) is 7.13. The zero-order valence-electron chi connectivity index (χ0n) is 11.0. The van der Waals surface area contributed by atoms with E-state index in [1.807, 2.05) is 24.8 Å². The third-order valence-electron chi connectivity index (χ3n) is 2.46. The Morgan fingerprint density at radius 3 is 2.28 bits per heavy atom. The van der Waals surface area contributed by atoms with Crippen molar-refractivity contribution in [3.63, 3.8) is 0 Å². The second-order valence-electron chi connectivity index (χ2n) is 3.56. The maximum atomic E-state index is 10.4. The average molecular weight is 249 g/mol. The summed E-state index contributed by atoms with van der Waals surface area (Å²) in [5, 5.41) is 19.3. The van der Waals surface area contributed by atoms with Crippen molar-refractivity contribution in [2.75, 3.05) is 13.1 Å². The molecular formula is C13H19N3O2. The number of hydrogen-bond donors (Lipinski definition) is 0. The Hall–Kier alpha value is -2.09. The van der Waals surface area contributed by atoms with Crippen LogP contribution in [0.4, 0.5) is 0 Å². The second kappa shape index (κ2) is 8.07. The Labute approximate surface area is 108 Å². The number of nitro groups is 1. The van der Waals surface area contributed by atoms with Gasteiger partial charge in [0.25, 0.3) is 5.70 Å². The van der Waals surface area contributed by atoms with E-state index in [0.717, 1.165) is 25.9 Å². The van der Waals surface area contributed by atoms with Gasteiger partial charge in [-0.2, -0.15) is 5.26 Å². The molecule has 1 rings (SSSR count). The number of rotatable bonds is 4. The van der Waals surface area contributed by atoms with E-state index >= 15 is 0 Å². The molecule has 0 amide bonds. The van der Waals surface area contributed by atoms with Gasteiger partial charge in [0, 0.05) is 24.9 Å². The lowest BCUT2D eigenvalue weighted by atomic mass is 10.2. The molecule has 1 heterocycles. The third-order valence-corrected chi connectivity index (χ3v) is 2.46. The molecule has 0 bridgehead atoms. The summed E-state index contributed by atoms with van der Waals surface area (Å²) in [7, 11) is 0. The van der Waals surface area contributed by atoms with Crippen LogP contribution in [-0.4, -0.2) is 22.9 Å². The Morgan fingerprint density at radius 2 is 1.89 bits per heavy atom. The molecule has 1 saturated heterocycles. The summed E-state index contributed by atoms with van der Waals surface area (Å²) in [6.45, 7) is 12.8. The summed E-state index contributed by atoms with van der Waals surface area (Å²) in [4.78, 5) is 11.7. The summed E-state index contributed by atoms with van der Waals surface area (Å²) in [6, 6.07) is 1.92. The molecule has 0 saturated carbocycles. The highest BCUT2D eigenvalue weighted by Crippen LogP contribution is 2.20. The third kappa shape index (κ3) is 4.42. The molecule has 0 aromatic heterocycles. The number of hydrogen-bond acceptors (Lipinski definition) is 4. The Bertz CT molecular complexity index is 399. The van der Waals surface area contributed by atoms with Gasteiger partial charge in [-0.15, -0.1) is 0 Å². The van der Waals surface area contributed by atoms with Crippen molar-refractivity contribution in [2.24, 2.45) is 0 Å². The fourth-order valence-electron chi connectivity index (χ4n) is 1.56. The minimum Gasteiger partial charge on any atom is -0.371 e. The van der Waals surface area contributed by atoms with Crippen LogP contribution in [0.5, 0.6) is 0 Å². The number of allylic oxidation sites excluding steroid dienone is 2. The zero-order valence-corrected chi connectivity index (χ0v) is 11.0. The summed E-state index contributed by atoms with van der Waals surface area (Å²) >= 11 is 0. The number of likely N-dealkylation sites (tertiary alicyclic amines) is 1. The normalized spacial score (nSPS) is 14.3. The molecular weight excluding hydrogens is 230 g/mol. The van der Waals surface area contributed by atoms with Crippen molar-refractivity contribution in [1.82, 2.24) is 4.90 Å². The van der Waals surface area contributed by atoms with Crippen LogP contribution >= 0.6 is 0 Å². The first-order valence-corrected chi connectivity index (χ1v) is 5.95. The molecule has 18 heavy (non-hydrogen) atoms. The summed E-state index contributed by atoms with van der Waals surface area (Å²) in [5.41, 5.74) is 0.462. The molecule has 0 radical (unpaired) electrons. The predicted octanol–water partition coefficient (Wildman–Crippen LogP) is 2.86. The van der Waals surface area contributed by atoms with Gasteiger partial charge in [0.05, 0.1) is 10.5 Å². The topological polar surface area (TPSA) is 70.2 Å². The molecule has 0 N–H and O–H groups in total. The van der Waals surface area contributed by atoms with E-state index in [-0.39, 0.29) is 11.3 Å². The van der Waals surface area contributed by atoms with Crippen LogP contribution < -0.4 is 0 Å². The number of nitrogens with zero attached hydrogens (tertiary/aromatic N) is 3. The molecule has 0 unspecified atom stereocenters. The van der Waals surface area contributed by atoms with Crippen molar-refractivity contribution in [3.05, 3.63) is 46.3 Å². The van der Waals surface area contributed by atoms with Gasteiger partial charge in [0.2, 0.25) is 0 Å². The summed E-state index contributed by atoms with van der Waals surface area (Å²) < 4.78 is 0. The van der Waals surface area contributed by atoms with Gasteiger partial charge in [-0.1, -0.05) is 20.4 Å². The maximum Gasteiger partial charge on any atom is 0.263 e. The van der Waals surface area contributed by atoms with E-state index in [1.54, 1.807) is 0 Å². The van der Waals surface area contributed by atoms with E-state index in [4.69, 9.17) is 5.26 Å². The largest absolute Gasteiger partial charge is 0.371 e. The first-order chi connectivity index (χ1) is 8.56. The van der Waals surface area contributed by atoms with Crippen LogP contribution in [0.15, 0.2) is 36.2 Å². The lowest BCUT2D eigenvalue weighted by Crippen LogP contribution is -2.19. The van der Waals surface area contributed by atoms with E-state index in [2.05, 4.69) is 13.2 Å². The van der Waals surface area contributed by atoms with E-state index in [1.165, 1.54) is 6.08 Å². The fourth-order valence-corrected chi connectivity index (χ4v) is 1.56. The highest BCUT2D eigenvalue weighted by atomic mass is 16.6. The quantitative estimate of drug-likeness (QED) is 0.332. The first-order valence-electron chi connectivity index (χ1n) is 5.95. The Balaban J connectivity index is 0.00000137. The molecule has 0 atom stereocenters. The molecule has 0 aromatic rings. The van der Waals surface area contributed by atoms with Crippen molar-refractivity contribution in [2.45, 2.75) is 26.7 Å². The van der Waals surface area contributed by atoms with Crippen molar-refractivity contribution in [3.8, 4) is 6.07 Å². The highest BCUT2D eigenvalue weighted by Gasteiger charge is 2.17. The van der Waals surface area contributed by atoms with Crippen LogP contribution in [-0.2, 0) is 0 Å². The first kappa shape index (κ1) is 15.9. The van der Waals surface area contributed by atoms with E-state index < -0.39 is 4.92 Å². The molecule has 5 nitrogen and oxygen atoms in total. The van der Waals surface area contributed by atoms with Crippen LogP contribution in [0.3, 0.4) is 0 Å². The zero-order chi connectivity index (χ0) is 14.1. The van der Waals surface area contributed by atoms with Crippen molar-refractivity contribution in [1.29, 1.82) is 5.26 Å². The molecule has 0 aromatic carbocycles. The number of nitriles is 1. The fraction of sp³-hybridized carbons (Fsp3) is 0.462. The average Bonchev–Trinajstić information content (AvgIpc) is 2.90. The van der Waals surface area contributed by atoms with E-state index in [0.29, 0.717) is 5.70 Å². The van der Waals surface area contributed by atoms with Gasteiger partial charge in [-0.25, -0.2) is 0 Å². The maximum absolute atomic E-state index is 10.4. The van der Waals surface area contributed by atoms with Crippen LogP contribution in [0.2, 0.25) is 0 Å². The lowest BCUT2D eigenvalue weighted by Gasteiger charge is -2.19. The van der Waals surface area contributed by atoms with Gasteiger partial charge in [0.1, 0.15) is 6.07 Å². The molecule has 1 aliphatic rings. The smallest absolute Gasteiger partial charge is 0.263 e. The SMILES string of the molecule is C=C(/C(C#N)=C\C(=C)[N+](=O)[O-])N1CCCC1.CC. The standard InChI is InChI=1S/C11H13N3O2.C2H6/c1-9(14(15)16)7-11(8-12)10(2)13-5-3-4-6-13;1-2/h7H,1-6H2;1-2H3/b11-7-;. The minimum atomic E-state index is -0.616. The monoisotopic (exact) mass is 249 g/mol. The van der Waals surface area contributed by atoms with Crippen LogP contribution in [0.1, 0.15) is 26.7 Å². The summed E-state index contributed by atoms with van der Waals surface area (Å²) in [6.07, 6.45) is 3.29. The van der Waals surface area contributed by atoms with Gasteiger partial charge < -0.3 is 4.90 Å². The van der Waals surface area contributed by atoms with E-state index in [9.17, 15) is 10.1 Å². The molecule has 98 valence electrons. The van der Waals surface area contributed by atoms with Crippen molar-refractivity contribution >= 4 is 0 Å². The van der Waals surface area contributed by atoms with Crippen LogP contribution in [0, 0.1) is 21.4 Å². The second-order valence-corrected chi connectivity index (χ2v) is 3.56. The Morgan fingerprint density at radius 1 is 1.39 bits per heavy atom. The van der Waals surface area contributed by atoms with Crippen molar-refractivity contribution < 1.29 is 4.92 Å². The summed E-state index contributed by atoms with van der Waals surface area (Å²) in [5.74, 6) is 0. The minimum absolute atomic E-state index is 0.212.